The maximum absolute atomic E-state index is 12.0. The van der Waals surface area contributed by atoms with E-state index in [4.69, 9.17) is 10.2 Å². The van der Waals surface area contributed by atoms with Crippen LogP contribution in [0.1, 0.15) is 25.7 Å². The number of rotatable bonds is 4. The molecule has 0 bridgehead atoms. The van der Waals surface area contributed by atoms with E-state index >= 15 is 0 Å². The smallest absolute Gasteiger partial charge is 0.305 e. The van der Waals surface area contributed by atoms with Crippen molar-refractivity contribution < 1.29 is 39.0 Å². The number of carbonyl (C=O) groups excluding carboxylic acids is 4. The first-order valence-corrected chi connectivity index (χ1v) is 7.76. The number of carboxylic acids is 2. The van der Waals surface area contributed by atoms with Gasteiger partial charge in [-0.05, 0) is 0 Å². The largest absolute Gasteiger partial charge is 0.481 e. The highest BCUT2D eigenvalue weighted by Gasteiger charge is 2.26. The lowest BCUT2D eigenvalue weighted by atomic mass is 10.1. The topological polar surface area (TPSA) is 191 Å². The van der Waals surface area contributed by atoms with Crippen LogP contribution in [0.15, 0.2) is 0 Å². The Labute approximate surface area is 147 Å². The standard InChI is InChI=1S/C14H20N4O8/c19-9-1-3-15-13(25)8(6-12(23)24)18-10(20)2-4-16-14(26)7(17-9)5-11(21)22/h7-8H,1-6H2,(H,15,25)(H,16,26)(H,17,19)(H,18,20)(H,21,22)(H,23,24)/t7-,8-/m0/s1. The second-order valence-corrected chi connectivity index (χ2v) is 5.52. The number of carboxylic acid groups (broad SMARTS) is 2. The predicted molar refractivity (Wildman–Crippen MR) is 83.6 cm³/mol. The van der Waals surface area contributed by atoms with E-state index in [1.54, 1.807) is 0 Å². The summed E-state index contributed by atoms with van der Waals surface area (Å²) in [6, 6.07) is -2.64. The quantitative estimate of drug-likeness (QED) is 0.299. The van der Waals surface area contributed by atoms with E-state index in [1.807, 2.05) is 0 Å². The van der Waals surface area contributed by atoms with Gasteiger partial charge < -0.3 is 31.5 Å². The average molecular weight is 372 g/mol. The van der Waals surface area contributed by atoms with Gasteiger partial charge in [-0.25, -0.2) is 0 Å². The Morgan fingerprint density at radius 1 is 0.769 bits per heavy atom. The molecule has 0 aromatic carbocycles. The van der Waals surface area contributed by atoms with E-state index < -0.39 is 60.5 Å². The summed E-state index contributed by atoms with van der Waals surface area (Å²) >= 11 is 0. The fraction of sp³-hybridized carbons (Fsp3) is 0.571. The second-order valence-electron chi connectivity index (χ2n) is 5.52. The molecule has 12 heteroatoms. The van der Waals surface area contributed by atoms with Crippen LogP contribution in [0.5, 0.6) is 0 Å². The Morgan fingerprint density at radius 2 is 1.12 bits per heavy atom. The van der Waals surface area contributed by atoms with Gasteiger partial charge >= 0.3 is 11.9 Å². The number of amides is 4. The fourth-order valence-corrected chi connectivity index (χ4v) is 2.15. The normalized spacial score (nSPS) is 22.9. The van der Waals surface area contributed by atoms with Crippen LogP contribution in [0.25, 0.3) is 0 Å². The molecule has 0 aromatic rings. The molecule has 6 N–H and O–H groups in total. The zero-order valence-corrected chi connectivity index (χ0v) is 13.7. The number of hydrogen-bond acceptors (Lipinski definition) is 6. The van der Waals surface area contributed by atoms with Crippen LogP contribution in [-0.2, 0) is 28.8 Å². The van der Waals surface area contributed by atoms with Crippen LogP contribution in [0, 0.1) is 0 Å². The molecule has 1 aliphatic rings. The van der Waals surface area contributed by atoms with Gasteiger partial charge in [-0.15, -0.1) is 0 Å². The van der Waals surface area contributed by atoms with Crippen LogP contribution in [0.3, 0.4) is 0 Å². The molecule has 1 rings (SSSR count). The van der Waals surface area contributed by atoms with Gasteiger partial charge in [0.15, 0.2) is 0 Å². The van der Waals surface area contributed by atoms with Gasteiger partial charge in [-0.2, -0.15) is 0 Å². The van der Waals surface area contributed by atoms with Crippen molar-refractivity contribution in [3.05, 3.63) is 0 Å². The Bertz CT molecular complexity index is 554. The molecule has 0 aliphatic carbocycles. The number of carbonyl (C=O) groups is 6. The van der Waals surface area contributed by atoms with Crippen molar-refractivity contribution >= 4 is 35.6 Å². The minimum atomic E-state index is -1.32. The van der Waals surface area contributed by atoms with Crippen molar-refractivity contribution in [1.82, 2.24) is 21.3 Å². The van der Waals surface area contributed by atoms with Crippen molar-refractivity contribution in [2.45, 2.75) is 37.8 Å². The zero-order chi connectivity index (χ0) is 19.7. The van der Waals surface area contributed by atoms with Crippen LogP contribution in [0.4, 0.5) is 0 Å². The lowest BCUT2D eigenvalue weighted by molar-refractivity contribution is -0.141. The minimum absolute atomic E-state index is 0.182. The van der Waals surface area contributed by atoms with Gasteiger partial charge in [-0.3, -0.25) is 28.8 Å². The van der Waals surface area contributed by atoms with Gasteiger partial charge in [0.1, 0.15) is 12.1 Å². The first kappa shape index (κ1) is 20.9. The summed E-state index contributed by atoms with van der Waals surface area (Å²) in [7, 11) is 0. The van der Waals surface area contributed by atoms with E-state index in [-0.39, 0.29) is 25.9 Å². The summed E-state index contributed by atoms with van der Waals surface area (Å²) in [5, 5.41) is 26.8. The summed E-state index contributed by atoms with van der Waals surface area (Å²) in [5.41, 5.74) is 0. The molecule has 1 saturated heterocycles. The lowest BCUT2D eigenvalue weighted by Crippen LogP contribution is -2.51. The molecule has 0 unspecified atom stereocenters. The SMILES string of the molecule is O=C(O)C[C@@H]1NC(=O)CCNC(=O)[C@H](CC(=O)O)NC(=O)CCNC1=O. The molecular formula is C14H20N4O8. The van der Waals surface area contributed by atoms with E-state index in [1.165, 1.54) is 0 Å². The van der Waals surface area contributed by atoms with E-state index in [9.17, 15) is 28.8 Å². The van der Waals surface area contributed by atoms with Crippen molar-refractivity contribution in [2.24, 2.45) is 0 Å². The van der Waals surface area contributed by atoms with Crippen molar-refractivity contribution in [1.29, 1.82) is 0 Å². The summed E-state index contributed by atoms with van der Waals surface area (Å²) in [6.07, 6.45) is -1.81. The fourth-order valence-electron chi connectivity index (χ4n) is 2.15. The van der Waals surface area contributed by atoms with Gasteiger partial charge in [-0.1, -0.05) is 0 Å². The van der Waals surface area contributed by atoms with E-state index in [0.29, 0.717) is 0 Å². The summed E-state index contributed by atoms with van der Waals surface area (Å²) in [6.45, 7) is -0.365. The molecular weight excluding hydrogens is 352 g/mol. The Morgan fingerprint density at radius 3 is 1.42 bits per heavy atom. The summed E-state index contributed by atoms with van der Waals surface area (Å²) in [4.78, 5) is 69.2. The monoisotopic (exact) mass is 372 g/mol. The Balaban J connectivity index is 2.84. The number of nitrogens with one attached hydrogen (secondary N) is 4. The van der Waals surface area contributed by atoms with Crippen LogP contribution < -0.4 is 21.3 Å². The van der Waals surface area contributed by atoms with Gasteiger partial charge in [0.05, 0.1) is 12.8 Å². The summed E-state index contributed by atoms with van der Waals surface area (Å²) < 4.78 is 0. The highest BCUT2D eigenvalue weighted by molar-refractivity contribution is 5.93. The molecule has 1 aliphatic heterocycles. The van der Waals surface area contributed by atoms with Crippen molar-refractivity contribution in [3.63, 3.8) is 0 Å². The highest BCUT2D eigenvalue weighted by Crippen LogP contribution is 1.98. The Kier molecular flexibility index (Phi) is 7.99. The van der Waals surface area contributed by atoms with Gasteiger partial charge in [0.25, 0.3) is 0 Å². The maximum atomic E-state index is 12.0. The second kappa shape index (κ2) is 9.96. The van der Waals surface area contributed by atoms with E-state index in [0.717, 1.165) is 0 Å². The average Bonchev–Trinajstić information content (AvgIpc) is 2.51. The predicted octanol–water partition coefficient (Wildman–Crippen LogP) is -3.07. The molecule has 2 atom stereocenters. The molecule has 12 nitrogen and oxygen atoms in total. The molecule has 0 saturated carbocycles. The molecule has 1 fully saturated rings. The first-order valence-electron chi connectivity index (χ1n) is 7.76. The van der Waals surface area contributed by atoms with E-state index in [2.05, 4.69) is 21.3 Å². The molecule has 0 aromatic heterocycles. The third kappa shape index (κ3) is 7.59. The molecule has 144 valence electrons. The summed E-state index contributed by atoms with van der Waals surface area (Å²) in [5.74, 6) is -5.46. The maximum Gasteiger partial charge on any atom is 0.305 e. The lowest BCUT2D eigenvalue weighted by Gasteiger charge is -2.20. The molecule has 0 spiro atoms. The Hall–Kier alpha value is -3.18. The molecule has 4 amide bonds. The van der Waals surface area contributed by atoms with Gasteiger partial charge in [0, 0.05) is 25.9 Å². The van der Waals surface area contributed by atoms with Crippen molar-refractivity contribution in [3.8, 4) is 0 Å². The third-order valence-corrected chi connectivity index (χ3v) is 3.36. The molecule has 1 heterocycles. The van der Waals surface area contributed by atoms with Crippen molar-refractivity contribution in [2.75, 3.05) is 13.1 Å². The van der Waals surface area contributed by atoms with Gasteiger partial charge in [0.2, 0.25) is 23.6 Å². The van der Waals surface area contributed by atoms with Crippen LogP contribution in [0.2, 0.25) is 0 Å². The number of hydrogen-bond donors (Lipinski definition) is 6. The molecule has 26 heavy (non-hydrogen) atoms. The highest BCUT2D eigenvalue weighted by atomic mass is 16.4. The van der Waals surface area contributed by atoms with Crippen LogP contribution >= 0.6 is 0 Å². The van der Waals surface area contributed by atoms with Crippen LogP contribution in [-0.4, -0.2) is 71.0 Å². The zero-order valence-electron chi connectivity index (χ0n) is 13.7. The first-order chi connectivity index (χ1) is 12.2. The molecule has 0 radical (unpaired) electrons. The number of aliphatic carboxylic acids is 2. The third-order valence-electron chi connectivity index (χ3n) is 3.36. The minimum Gasteiger partial charge on any atom is -0.481 e.